The molecule has 2 heterocycles. The maximum absolute atomic E-state index is 11.0. The molecule has 0 saturated heterocycles. The Bertz CT molecular complexity index is 845. The summed E-state index contributed by atoms with van der Waals surface area (Å²) in [5.41, 5.74) is 3.88. The van der Waals surface area contributed by atoms with Crippen LogP contribution in [0.2, 0.25) is 5.02 Å². The van der Waals surface area contributed by atoms with Crippen LogP contribution < -0.4 is 20.2 Å². The maximum Gasteiger partial charge on any atom is 0.240 e. The zero-order valence-corrected chi connectivity index (χ0v) is 19.2. The van der Waals surface area contributed by atoms with Crippen LogP contribution >= 0.6 is 23.2 Å². The number of amides is 1. The number of allylic oxidation sites excluding steroid dienone is 2. The number of aromatic nitrogens is 2. The molecular formula is C20H27Cl2N5O4. The van der Waals surface area contributed by atoms with Crippen LogP contribution in [0.4, 0.5) is 0 Å². The van der Waals surface area contributed by atoms with E-state index in [4.69, 9.17) is 37.4 Å². The molecule has 3 rings (SSSR count). The number of hydrazine groups is 1. The number of nitrogens with one attached hydrogen (secondary N) is 2. The third kappa shape index (κ3) is 6.88. The molecule has 1 aliphatic carbocycles. The molecule has 1 fully saturated rings. The Balaban J connectivity index is 1.40. The van der Waals surface area contributed by atoms with Gasteiger partial charge in [-0.05, 0) is 37.8 Å². The maximum atomic E-state index is 11.0. The first-order valence-corrected chi connectivity index (χ1v) is 10.8. The Morgan fingerprint density at radius 3 is 2.68 bits per heavy atom. The van der Waals surface area contributed by atoms with Crippen LogP contribution in [0.15, 0.2) is 29.3 Å². The van der Waals surface area contributed by atoms with Gasteiger partial charge in [0.25, 0.3) is 0 Å². The van der Waals surface area contributed by atoms with E-state index in [1.165, 1.54) is 13.3 Å². The number of halogens is 2. The minimum absolute atomic E-state index is 0.000900. The van der Waals surface area contributed by atoms with Gasteiger partial charge in [-0.25, -0.2) is 9.97 Å². The lowest BCUT2D eigenvalue weighted by molar-refractivity contribution is -0.120. The van der Waals surface area contributed by atoms with Gasteiger partial charge in [-0.15, -0.1) is 0 Å². The average molecular weight is 472 g/mol. The summed E-state index contributed by atoms with van der Waals surface area (Å²) in [4.78, 5) is 19.2. The average Bonchev–Trinajstić information content (AvgIpc) is 2.68. The van der Waals surface area contributed by atoms with Crippen molar-refractivity contribution in [1.82, 2.24) is 25.7 Å². The van der Waals surface area contributed by atoms with Gasteiger partial charge >= 0.3 is 0 Å². The van der Waals surface area contributed by atoms with E-state index in [0.717, 1.165) is 18.5 Å². The lowest BCUT2D eigenvalue weighted by atomic mass is 9.83. The van der Waals surface area contributed by atoms with Crippen LogP contribution in [0.25, 0.3) is 0 Å². The van der Waals surface area contributed by atoms with Crippen LogP contribution in [0.5, 0.6) is 11.8 Å². The molecule has 11 heteroatoms. The second-order valence-corrected chi connectivity index (χ2v) is 8.41. The van der Waals surface area contributed by atoms with Gasteiger partial charge in [0.1, 0.15) is 18.1 Å². The van der Waals surface area contributed by atoms with Crippen molar-refractivity contribution in [2.24, 2.45) is 5.92 Å². The molecule has 0 radical (unpaired) electrons. The predicted octanol–water partition coefficient (Wildman–Crippen LogP) is 2.62. The van der Waals surface area contributed by atoms with E-state index in [1.807, 2.05) is 13.0 Å². The molecule has 0 unspecified atom stereocenters. The predicted molar refractivity (Wildman–Crippen MR) is 117 cm³/mol. The zero-order valence-electron chi connectivity index (χ0n) is 17.7. The van der Waals surface area contributed by atoms with Gasteiger partial charge in [-0.3, -0.25) is 15.2 Å². The first kappa shape index (κ1) is 23.4. The Morgan fingerprint density at radius 1 is 1.29 bits per heavy atom. The molecule has 0 spiro atoms. The third-order valence-corrected chi connectivity index (χ3v) is 5.53. The van der Waals surface area contributed by atoms with Gasteiger partial charge in [0.15, 0.2) is 5.02 Å². The summed E-state index contributed by atoms with van der Waals surface area (Å²) in [6.45, 7) is 4.64. The summed E-state index contributed by atoms with van der Waals surface area (Å²) in [6.07, 6.45) is 6.91. The van der Waals surface area contributed by atoms with Gasteiger partial charge in [-0.1, -0.05) is 23.2 Å². The van der Waals surface area contributed by atoms with E-state index in [0.29, 0.717) is 30.2 Å². The molecule has 1 atom stereocenters. The van der Waals surface area contributed by atoms with E-state index in [-0.39, 0.29) is 35.6 Å². The Morgan fingerprint density at radius 2 is 2.00 bits per heavy atom. The molecule has 1 aromatic rings. The first-order valence-electron chi connectivity index (χ1n) is 10.0. The van der Waals surface area contributed by atoms with E-state index >= 15 is 0 Å². The summed E-state index contributed by atoms with van der Waals surface area (Å²) in [5.74, 6) is 0.849. The fraction of sp³-hybridized carbons (Fsp3) is 0.550. The highest BCUT2D eigenvalue weighted by Crippen LogP contribution is 2.34. The molecule has 31 heavy (non-hydrogen) atoms. The lowest BCUT2D eigenvalue weighted by Gasteiger charge is -2.35. The van der Waals surface area contributed by atoms with E-state index < -0.39 is 0 Å². The molecule has 0 bridgehead atoms. The number of carbonyl (C=O) groups excluding carboxylic acids is 1. The van der Waals surface area contributed by atoms with Crippen LogP contribution in [-0.2, 0) is 9.53 Å². The lowest BCUT2D eigenvalue weighted by Crippen LogP contribution is -2.40. The van der Waals surface area contributed by atoms with Gasteiger partial charge in [0.2, 0.25) is 17.7 Å². The summed E-state index contributed by atoms with van der Waals surface area (Å²) in [6, 6.07) is -0.000900. The number of hydrogen-bond donors (Lipinski definition) is 2. The number of rotatable bonds is 10. The van der Waals surface area contributed by atoms with E-state index in [1.54, 1.807) is 18.1 Å². The topological polar surface area (TPSA) is 97.8 Å². The minimum Gasteiger partial charge on any atom is -0.476 e. The fourth-order valence-electron chi connectivity index (χ4n) is 3.17. The molecule has 2 aliphatic rings. The molecule has 0 aromatic carbocycles. The summed E-state index contributed by atoms with van der Waals surface area (Å²) < 4.78 is 17.3. The largest absolute Gasteiger partial charge is 0.476 e. The Labute approximate surface area is 191 Å². The fourth-order valence-corrected chi connectivity index (χ4v) is 3.48. The molecular weight excluding hydrogens is 445 g/mol. The van der Waals surface area contributed by atoms with Gasteiger partial charge in [0.05, 0.1) is 25.0 Å². The molecule has 1 aromatic heterocycles. The van der Waals surface area contributed by atoms with Crippen molar-refractivity contribution in [3.05, 3.63) is 34.4 Å². The smallest absolute Gasteiger partial charge is 0.240 e. The number of nitrogens with zero attached hydrogens (tertiary/aromatic N) is 3. The van der Waals surface area contributed by atoms with Crippen LogP contribution in [0.1, 0.15) is 26.7 Å². The quantitative estimate of drug-likeness (QED) is 0.502. The van der Waals surface area contributed by atoms with Crippen molar-refractivity contribution >= 4 is 29.1 Å². The molecule has 1 aliphatic heterocycles. The number of hydrogen-bond acceptors (Lipinski definition) is 8. The SMILES string of the molecule is CC(=O)N[C@@H](C)COC1CC(COc2ncnc(OCC3=CC=C(Cl)N(C)N3)c2Cl)C1. The molecule has 170 valence electrons. The second kappa shape index (κ2) is 10.9. The van der Waals surface area contributed by atoms with Crippen molar-refractivity contribution < 1.29 is 19.0 Å². The Kier molecular flexibility index (Phi) is 8.22. The van der Waals surface area contributed by atoms with Crippen molar-refractivity contribution in [2.75, 3.05) is 26.9 Å². The summed E-state index contributed by atoms with van der Waals surface area (Å²) in [7, 11) is 1.80. The van der Waals surface area contributed by atoms with Crippen molar-refractivity contribution in [1.29, 1.82) is 0 Å². The highest BCUT2D eigenvalue weighted by atomic mass is 35.5. The monoisotopic (exact) mass is 471 g/mol. The summed E-state index contributed by atoms with van der Waals surface area (Å²) in [5, 5.41) is 5.28. The standard InChI is InChI=1S/C20H27Cl2N5O4/c1-12(25-13(2)28)8-29-16-6-14(7-16)9-30-19-18(22)20(24-11-23-19)31-10-15-4-5-17(21)27(3)26-15/h4-5,11-12,14,16,26H,6-10H2,1-3H3,(H,25,28)/t12-,14?,16?/m0/s1. The first-order chi connectivity index (χ1) is 14.8. The third-order valence-electron chi connectivity index (χ3n) is 4.82. The van der Waals surface area contributed by atoms with Gasteiger partial charge in [-0.2, -0.15) is 0 Å². The minimum atomic E-state index is -0.0543. The normalized spacial score (nSPS) is 21.3. The van der Waals surface area contributed by atoms with Crippen LogP contribution in [0, 0.1) is 5.92 Å². The van der Waals surface area contributed by atoms with Crippen molar-refractivity contribution in [2.45, 2.75) is 38.8 Å². The number of ether oxygens (including phenoxy) is 3. The molecule has 2 N–H and O–H groups in total. The van der Waals surface area contributed by atoms with E-state index in [9.17, 15) is 4.79 Å². The van der Waals surface area contributed by atoms with Crippen LogP contribution in [-0.4, -0.2) is 59.9 Å². The zero-order chi connectivity index (χ0) is 22.4. The summed E-state index contributed by atoms with van der Waals surface area (Å²) >= 11 is 12.3. The van der Waals surface area contributed by atoms with Crippen molar-refractivity contribution in [3.8, 4) is 11.8 Å². The molecule has 1 amide bonds. The highest BCUT2D eigenvalue weighted by Gasteiger charge is 2.31. The van der Waals surface area contributed by atoms with E-state index in [2.05, 4.69) is 20.7 Å². The molecule has 1 saturated carbocycles. The second-order valence-electron chi connectivity index (χ2n) is 7.64. The van der Waals surface area contributed by atoms with Crippen LogP contribution in [0.3, 0.4) is 0 Å². The van der Waals surface area contributed by atoms with Gasteiger partial charge < -0.3 is 19.5 Å². The number of carbonyl (C=O) groups is 1. The highest BCUT2D eigenvalue weighted by molar-refractivity contribution is 6.33. The molecule has 9 nitrogen and oxygen atoms in total. The van der Waals surface area contributed by atoms with Crippen molar-refractivity contribution in [3.63, 3.8) is 0 Å². The van der Waals surface area contributed by atoms with Gasteiger partial charge in [0, 0.05) is 20.0 Å². The Hall–Kier alpha value is -2.23.